The molecule has 0 atom stereocenters. The highest BCUT2D eigenvalue weighted by atomic mass is 19.4. The van der Waals surface area contributed by atoms with Gasteiger partial charge in [-0.25, -0.2) is 9.18 Å². The van der Waals surface area contributed by atoms with E-state index in [9.17, 15) is 27.2 Å². The van der Waals surface area contributed by atoms with Gasteiger partial charge in [0.25, 0.3) is 5.91 Å². The van der Waals surface area contributed by atoms with Gasteiger partial charge in [-0.05, 0) is 61.4 Å². The summed E-state index contributed by atoms with van der Waals surface area (Å²) in [4.78, 5) is 29.1. The monoisotopic (exact) mass is 434 g/mol. The van der Waals surface area contributed by atoms with Gasteiger partial charge in [-0.3, -0.25) is 9.78 Å². The van der Waals surface area contributed by atoms with E-state index in [1.165, 1.54) is 36.4 Å². The lowest BCUT2D eigenvalue weighted by molar-refractivity contribution is -0.137. The van der Waals surface area contributed by atoms with Gasteiger partial charge in [0.1, 0.15) is 11.6 Å². The molecule has 1 saturated heterocycles. The van der Waals surface area contributed by atoms with Gasteiger partial charge in [0.2, 0.25) is 0 Å². The maximum absolute atomic E-state index is 13.1. The predicted molar refractivity (Wildman–Crippen MR) is 103 cm³/mol. The summed E-state index contributed by atoms with van der Waals surface area (Å²) in [5.74, 6) is -0.350. The van der Waals surface area contributed by atoms with Gasteiger partial charge in [0.15, 0.2) is 0 Å². The van der Waals surface area contributed by atoms with Gasteiger partial charge in [0, 0.05) is 24.6 Å². The van der Waals surface area contributed by atoms with Crippen molar-refractivity contribution in [1.29, 1.82) is 0 Å². The summed E-state index contributed by atoms with van der Waals surface area (Å²) in [6.45, 7) is 0.770. The standard InChI is InChI=1S/C21H18F4N4O2/c22-16-5-7-17(8-6-16)29-20(31)26-18(27-29)13-9-11-28(12-10-13)19(30)14-1-3-15(4-2-14)21(23,24)25/h1-8,13H,9-12H2,(H,26,27,31). The SMILES string of the molecule is O=C(c1ccc(C(F)(F)F)cc1)N1CCC(c2nn(-c3ccc(F)cc3)c(=O)[nH]2)CC1. The number of aromatic amines is 1. The summed E-state index contributed by atoms with van der Waals surface area (Å²) in [7, 11) is 0. The molecule has 162 valence electrons. The molecule has 1 aromatic heterocycles. The zero-order chi connectivity index (χ0) is 22.2. The van der Waals surface area contributed by atoms with Crippen LogP contribution in [0.4, 0.5) is 17.6 Å². The third-order valence-corrected chi connectivity index (χ3v) is 5.33. The highest BCUT2D eigenvalue weighted by Crippen LogP contribution is 2.30. The first-order valence-electron chi connectivity index (χ1n) is 9.64. The van der Waals surface area contributed by atoms with E-state index in [0.717, 1.165) is 16.8 Å². The number of benzene rings is 2. The van der Waals surface area contributed by atoms with E-state index >= 15 is 0 Å². The lowest BCUT2D eigenvalue weighted by Crippen LogP contribution is -2.38. The fourth-order valence-corrected chi connectivity index (χ4v) is 3.62. The van der Waals surface area contributed by atoms with Crippen molar-refractivity contribution in [2.24, 2.45) is 0 Å². The molecular weight excluding hydrogens is 416 g/mol. The van der Waals surface area contributed by atoms with Crippen LogP contribution in [0.25, 0.3) is 5.69 Å². The largest absolute Gasteiger partial charge is 0.416 e. The number of rotatable bonds is 3. The number of H-pyrrole nitrogens is 1. The third kappa shape index (κ3) is 4.37. The Morgan fingerprint density at radius 2 is 1.61 bits per heavy atom. The Morgan fingerprint density at radius 3 is 2.19 bits per heavy atom. The van der Waals surface area contributed by atoms with Gasteiger partial charge in [-0.2, -0.15) is 17.9 Å². The lowest BCUT2D eigenvalue weighted by atomic mass is 9.95. The van der Waals surface area contributed by atoms with Crippen LogP contribution in [0.15, 0.2) is 53.3 Å². The molecule has 1 fully saturated rings. The molecule has 0 bridgehead atoms. The molecule has 0 radical (unpaired) electrons. The number of carbonyl (C=O) groups is 1. The maximum Gasteiger partial charge on any atom is 0.416 e. The quantitative estimate of drug-likeness (QED) is 0.639. The molecule has 0 saturated carbocycles. The number of likely N-dealkylation sites (tertiary alicyclic amines) is 1. The first-order valence-corrected chi connectivity index (χ1v) is 9.64. The summed E-state index contributed by atoms with van der Waals surface area (Å²) < 4.78 is 52.3. The van der Waals surface area contributed by atoms with Crippen molar-refractivity contribution in [2.45, 2.75) is 24.9 Å². The van der Waals surface area contributed by atoms with Crippen LogP contribution in [0.1, 0.15) is 40.5 Å². The van der Waals surface area contributed by atoms with Crippen LogP contribution in [0, 0.1) is 5.82 Å². The predicted octanol–water partition coefficient (Wildman–Crippen LogP) is 3.74. The van der Waals surface area contributed by atoms with Crippen LogP contribution < -0.4 is 5.69 Å². The molecule has 0 unspecified atom stereocenters. The first-order chi connectivity index (χ1) is 14.7. The minimum atomic E-state index is -4.45. The average molecular weight is 434 g/mol. The van der Waals surface area contributed by atoms with Crippen molar-refractivity contribution in [1.82, 2.24) is 19.7 Å². The molecule has 2 heterocycles. The average Bonchev–Trinajstić information content (AvgIpc) is 3.15. The molecule has 6 nitrogen and oxygen atoms in total. The van der Waals surface area contributed by atoms with Gasteiger partial charge in [-0.15, -0.1) is 5.10 Å². The summed E-state index contributed by atoms with van der Waals surface area (Å²) in [5, 5.41) is 4.31. The second-order valence-electron chi connectivity index (χ2n) is 7.35. The fourth-order valence-electron chi connectivity index (χ4n) is 3.62. The smallest absolute Gasteiger partial charge is 0.339 e. The maximum atomic E-state index is 13.1. The van der Waals surface area contributed by atoms with E-state index in [1.807, 2.05) is 0 Å². The summed E-state index contributed by atoms with van der Waals surface area (Å²) >= 11 is 0. The van der Waals surface area contributed by atoms with Gasteiger partial charge < -0.3 is 4.90 Å². The highest BCUT2D eigenvalue weighted by molar-refractivity contribution is 5.94. The molecule has 3 aromatic rings. The van der Waals surface area contributed by atoms with E-state index in [1.54, 1.807) is 4.90 Å². The highest BCUT2D eigenvalue weighted by Gasteiger charge is 2.31. The van der Waals surface area contributed by atoms with Crippen molar-refractivity contribution >= 4 is 5.91 Å². The Balaban J connectivity index is 1.42. The fraction of sp³-hybridized carbons (Fsp3) is 0.286. The van der Waals surface area contributed by atoms with Gasteiger partial charge >= 0.3 is 11.9 Å². The van der Waals surface area contributed by atoms with Crippen LogP contribution in [-0.4, -0.2) is 38.7 Å². The Labute approximate surface area is 174 Å². The molecule has 1 aliphatic rings. The van der Waals surface area contributed by atoms with Crippen molar-refractivity contribution in [3.63, 3.8) is 0 Å². The number of nitrogens with zero attached hydrogens (tertiary/aromatic N) is 3. The van der Waals surface area contributed by atoms with Crippen LogP contribution >= 0.6 is 0 Å². The van der Waals surface area contributed by atoms with E-state index < -0.39 is 23.2 Å². The Kier molecular flexibility index (Phi) is 5.38. The Morgan fingerprint density at radius 1 is 1.00 bits per heavy atom. The summed E-state index contributed by atoms with van der Waals surface area (Å²) in [6, 6.07) is 9.53. The van der Waals surface area contributed by atoms with Crippen LogP contribution in [0.5, 0.6) is 0 Å². The minimum absolute atomic E-state index is 0.0777. The lowest BCUT2D eigenvalue weighted by Gasteiger charge is -2.31. The third-order valence-electron chi connectivity index (χ3n) is 5.33. The van der Waals surface area contributed by atoms with Crippen molar-refractivity contribution in [2.75, 3.05) is 13.1 Å². The second kappa shape index (κ2) is 8.01. The number of carbonyl (C=O) groups excluding carboxylic acids is 1. The molecule has 1 N–H and O–H groups in total. The summed E-state index contributed by atoms with van der Waals surface area (Å²) in [6.07, 6.45) is -3.36. The van der Waals surface area contributed by atoms with Crippen LogP contribution in [0.2, 0.25) is 0 Å². The normalized spacial score (nSPS) is 15.3. The molecule has 31 heavy (non-hydrogen) atoms. The number of alkyl halides is 3. The number of hydrogen-bond acceptors (Lipinski definition) is 3. The number of amides is 1. The number of hydrogen-bond donors (Lipinski definition) is 1. The zero-order valence-electron chi connectivity index (χ0n) is 16.2. The molecular formula is C21H18F4N4O2. The molecule has 0 aliphatic carbocycles. The summed E-state index contributed by atoms with van der Waals surface area (Å²) in [5.41, 5.74) is -0.613. The number of halogens is 4. The Bertz CT molecular complexity index is 1130. The molecule has 2 aromatic carbocycles. The molecule has 4 rings (SSSR count). The van der Waals surface area contributed by atoms with E-state index in [-0.39, 0.29) is 17.4 Å². The number of aromatic nitrogens is 3. The van der Waals surface area contributed by atoms with E-state index in [4.69, 9.17) is 0 Å². The van der Waals surface area contributed by atoms with Crippen LogP contribution in [-0.2, 0) is 6.18 Å². The first kappa shape index (κ1) is 20.8. The molecule has 10 heteroatoms. The molecule has 0 spiro atoms. The number of nitrogens with one attached hydrogen (secondary N) is 1. The van der Waals surface area contributed by atoms with Crippen molar-refractivity contribution in [3.8, 4) is 5.69 Å². The van der Waals surface area contributed by atoms with Crippen molar-refractivity contribution in [3.05, 3.63) is 81.8 Å². The van der Waals surface area contributed by atoms with Crippen LogP contribution in [0.3, 0.4) is 0 Å². The minimum Gasteiger partial charge on any atom is -0.339 e. The molecule has 1 aliphatic heterocycles. The van der Waals surface area contributed by atoms with E-state index in [2.05, 4.69) is 10.1 Å². The zero-order valence-corrected chi connectivity index (χ0v) is 16.2. The topological polar surface area (TPSA) is 71.0 Å². The second-order valence-corrected chi connectivity index (χ2v) is 7.35. The molecule has 1 amide bonds. The number of piperidine rings is 1. The van der Waals surface area contributed by atoms with E-state index in [0.29, 0.717) is 37.4 Å². The van der Waals surface area contributed by atoms with Gasteiger partial charge in [0.05, 0.1) is 11.3 Å². The van der Waals surface area contributed by atoms with Gasteiger partial charge in [-0.1, -0.05) is 0 Å². The Hall–Kier alpha value is -3.43. The van der Waals surface area contributed by atoms with Crippen molar-refractivity contribution < 1.29 is 22.4 Å².